The van der Waals surface area contributed by atoms with Gasteiger partial charge in [0, 0.05) is 13.1 Å². The summed E-state index contributed by atoms with van der Waals surface area (Å²) in [7, 11) is 0. The number of carbonyl (C=O) groups is 1. The van der Waals surface area contributed by atoms with Crippen LogP contribution >= 0.6 is 0 Å². The van der Waals surface area contributed by atoms with Crippen molar-refractivity contribution in [1.29, 1.82) is 0 Å². The van der Waals surface area contributed by atoms with E-state index in [0.29, 0.717) is 13.1 Å². The second kappa shape index (κ2) is 7.76. The quantitative estimate of drug-likeness (QED) is 0.618. The molecule has 0 aromatic rings. The van der Waals surface area contributed by atoms with Crippen molar-refractivity contribution in [2.24, 2.45) is 5.73 Å². The van der Waals surface area contributed by atoms with Crippen LogP contribution in [0.1, 0.15) is 27.2 Å². The summed E-state index contributed by atoms with van der Waals surface area (Å²) in [6.45, 7) is 9.08. The van der Waals surface area contributed by atoms with Crippen LogP contribution in [0.5, 0.6) is 0 Å². The summed E-state index contributed by atoms with van der Waals surface area (Å²) in [5.74, 6) is 0.103. The lowest BCUT2D eigenvalue weighted by molar-refractivity contribution is -0.125. The van der Waals surface area contributed by atoms with E-state index in [1.54, 1.807) is 0 Å². The molecule has 0 saturated carbocycles. The maximum absolute atomic E-state index is 11.5. The summed E-state index contributed by atoms with van der Waals surface area (Å²) in [5.41, 5.74) is 5.44. The van der Waals surface area contributed by atoms with Crippen LogP contribution in [0.3, 0.4) is 0 Å². The number of rotatable bonds is 7. The lowest BCUT2D eigenvalue weighted by atomic mass is 10.2. The molecule has 0 rings (SSSR count). The van der Waals surface area contributed by atoms with Gasteiger partial charge in [-0.1, -0.05) is 6.92 Å². The first kappa shape index (κ1) is 13.4. The topological polar surface area (TPSA) is 58.4 Å². The second-order valence-electron chi connectivity index (χ2n) is 3.34. The molecule has 0 aromatic carbocycles. The van der Waals surface area contributed by atoms with E-state index < -0.39 is 0 Å². The van der Waals surface area contributed by atoms with Crippen molar-refractivity contribution in [3.8, 4) is 0 Å². The van der Waals surface area contributed by atoms with Crippen LogP contribution in [0.2, 0.25) is 0 Å². The zero-order chi connectivity index (χ0) is 11.0. The third-order valence-corrected chi connectivity index (χ3v) is 2.33. The Labute approximate surface area is 86.8 Å². The minimum atomic E-state index is -0.0495. The molecular weight excluding hydrogens is 178 g/mol. The number of carbonyl (C=O) groups excluding carboxylic acids is 1. The van der Waals surface area contributed by atoms with Crippen molar-refractivity contribution in [3.63, 3.8) is 0 Å². The Hall–Kier alpha value is -0.610. The maximum Gasteiger partial charge on any atom is 0.237 e. The highest BCUT2D eigenvalue weighted by Gasteiger charge is 2.18. The van der Waals surface area contributed by atoms with Crippen molar-refractivity contribution in [1.82, 2.24) is 10.2 Å². The number of likely N-dealkylation sites (N-methyl/N-ethyl adjacent to an activating group) is 2. The number of hydrogen-bond acceptors (Lipinski definition) is 3. The first-order valence-corrected chi connectivity index (χ1v) is 5.39. The predicted molar refractivity (Wildman–Crippen MR) is 59.1 cm³/mol. The molecule has 0 bridgehead atoms. The number of nitrogens with one attached hydrogen (secondary N) is 1. The van der Waals surface area contributed by atoms with Gasteiger partial charge in [0.1, 0.15) is 0 Å². The van der Waals surface area contributed by atoms with Gasteiger partial charge >= 0.3 is 0 Å². The van der Waals surface area contributed by atoms with Crippen LogP contribution in [0.15, 0.2) is 0 Å². The van der Waals surface area contributed by atoms with Gasteiger partial charge in [-0.15, -0.1) is 0 Å². The Balaban J connectivity index is 4.01. The first-order chi connectivity index (χ1) is 6.67. The van der Waals surface area contributed by atoms with E-state index in [-0.39, 0.29) is 11.9 Å². The van der Waals surface area contributed by atoms with Crippen molar-refractivity contribution in [3.05, 3.63) is 0 Å². The molecule has 0 aliphatic rings. The van der Waals surface area contributed by atoms with Gasteiger partial charge in [0.2, 0.25) is 5.91 Å². The fourth-order valence-electron chi connectivity index (χ4n) is 1.41. The molecule has 0 aliphatic carbocycles. The molecule has 1 amide bonds. The van der Waals surface area contributed by atoms with E-state index >= 15 is 0 Å². The molecule has 0 aliphatic heterocycles. The van der Waals surface area contributed by atoms with Gasteiger partial charge in [-0.05, 0) is 33.4 Å². The van der Waals surface area contributed by atoms with Crippen LogP contribution in [0.4, 0.5) is 0 Å². The highest BCUT2D eigenvalue weighted by atomic mass is 16.2. The number of nitrogens with zero attached hydrogens (tertiary/aromatic N) is 1. The standard InChI is InChI=1S/C10H23N3O/c1-4-12-10(14)9(3)13(5-2)8-6-7-11/h9H,4-8,11H2,1-3H3,(H,12,14). The molecule has 1 atom stereocenters. The average Bonchev–Trinajstić information content (AvgIpc) is 2.19. The third-order valence-electron chi connectivity index (χ3n) is 2.33. The molecule has 0 spiro atoms. The highest BCUT2D eigenvalue weighted by molar-refractivity contribution is 5.81. The van der Waals surface area contributed by atoms with Gasteiger partial charge in [0.15, 0.2) is 0 Å². The summed E-state index contributed by atoms with van der Waals surface area (Å²) in [5, 5.41) is 2.82. The van der Waals surface area contributed by atoms with E-state index in [9.17, 15) is 4.79 Å². The summed E-state index contributed by atoms with van der Waals surface area (Å²) in [4.78, 5) is 13.7. The van der Waals surface area contributed by atoms with Gasteiger partial charge in [0.25, 0.3) is 0 Å². The van der Waals surface area contributed by atoms with Crippen LogP contribution in [-0.2, 0) is 4.79 Å². The van der Waals surface area contributed by atoms with Gasteiger partial charge < -0.3 is 11.1 Å². The molecule has 0 fully saturated rings. The predicted octanol–water partition coefficient (Wildman–Crippen LogP) is 0.182. The number of amides is 1. The van der Waals surface area contributed by atoms with Crippen molar-refractivity contribution in [2.45, 2.75) is 33.2 Å². The fourth-order valence-corrected chi connectivity index (χ4v) is 1.41. The second-order valence-corrected chi connectivity index (χ2v) is 3.34. The van der Waals surface area contributed by atoms with Crippen molar-refractivity contribution in [2.75, 3.05) is 26.2 Å². The van der Waals surface area contributed by atoms with E-state index in [2.05, 4.69) is 17.1 Å². The molecule has 3 N–H and O–H groups in total. The molecular formula is C10H23N3O. The highest BCUT2D eigenvalue weighted by Crippen LogP contribution is 1.99. The molecule has 0 aromatic heterocycles. The zero-order valence-corrected chi connectivity index (χ0v) is 9.55. The molecule has 4 heteroatoms. The maximum atomic E-state index is 11.5. The van der Waals surface area contributed by atoms with E-state index in [1.165, 1.54) is 0 Å². The third kappa shape index (κ3) is 4.58. The molecule has 4 nitrogen and oxygen atoms in total. The summed E-state index contributed by atoms with van der Waals surface area (Å²) in [6, 6.07) is -0.0495. The SMILES string of the molecule is CCNC(=O)C(C)N(CC)CCCN. The molecule has 1 unspecified atom stereocenters. The van der Waals surface area contributed by atoms with Crippen LogP contribution < -0.4 is 11.1 Å². The molecule has 0 saturated heterocycles. The Morgan fingerprint density at radius 2 is 2.14 bits per heavy atom. The normalized spacial score (nSPS) is 12.9. The molecule has 0 radical (unpaired) electrons. The van der Waals surface area contributed by atoms with E-state index in [0.717, 1.165) is 19.5 Å². The van der Waals surface area contributed by atoms with E-state index in [1.807, 2.05) is 13.8 Å². The van der Waals surface area contributed by atoms with Gasteiger partial charge in [0.05, 0.1) is 6.04 Å². The Morgan fingerprint density at radius 1 is 1.50 bits per heavy atom. The Kier molecular flexibility index (Phi) is 7.42. The minimum absolute atomic E-state index is 0.0495. The Bertz CT molecular complexity index is 161. The first-order valence-electron chi connectivity index (χ1n) is 5.39. The summed E-state index contributed by atoms with van der Waals surface area (Å²) < 4.78 is 0. The Morgan fingerprint density at radius 3 is 2.57 bits per heavy atom. The van der Waals surface area contributed by atoms with Gasteiger partial charge in [-0.2, -0.15) is 0 Å². The molecule has 14 heavy (non-hydrogen) atoms. The van der Waals surface area contributed by atoms with Crippen molar-refractivity contribution >= 4 is 5.91 Å². The van der Waals surface area contributed by atoms with Gasteiger partial charge in [-0.3, -0.25) is 9.69 Å². The van der Waals surface area contributed by atoms with Crippen LogP contribution in [-0.4, -0.2) is 43.0 Å². The van der Waals surface area contributed by atoms with E-state index in [4.69, 9.17) is 5.73 Å². The average molecular weight is 201 g/mol. The number of nitrogens with two attached hydrogens (primary N) is 1. The summed E-state index contributed by atoms with van der Waals surface area (Å²) >= 11 is 0. The zero-order valence-electron chi connectivity index (χ0n) is 9.55. The fraction of sp³-hybridized carbons (Fsp3) is 0.900. The van der Waals surface area contributed by atoms with Crippen LogP contribution in [0, 0.1) is 0 Å². The lowest BCUT2D eigenvalue weighted by Gasteiger charge is -2.26. The van der Waals surface area contributed by atoms with Gasteiger partial charge in [-0.25, -0.2) is 0 Å². The minimum Gasteiger partial charge on any atom is -0.355 e. The number of hydrogen-bond donors (Lipinski definition) is 2. The summed E-state index contributed by atoms with van der Waals surface area (Å²) in [6.07, 6.45) is 0.942. The van der Waals surface area contributed by atoms with Crippen LogP contribution in [0.25, 0.3) is 0 Å². The largest absolute Gasteiger partial charge is 0.355 e. The molecule has 0 heterocycles. The van der Waals surface area contributed by atoms with Crippen molar-refractivity contribution < 1.29 is 4.79 Å². The molecule has 84 valence electrons. The lowest BCUT2D eigenvalue weighted by Crippen LogP contribution is -2.45. The monoisotopic (exact) mass is 201 g/mol. The smallest absolute Gasteiger partial charge is 0.237 e.